The lowest BCUT2D eigenvalue weighted by Gasteiger charge is -2.29. The molecule has 1 fully saturated rings. The molecule has 1 aliphatic rings. The summed E-state index contributed by atoms with van der Waals surface area (Å²) in [5, 5.41) is 9.20. The van der Waals surface area contributed by atoms with E-state index in [1.807, 2.05) is 20.8 Å². The topological polar surface area (TPSA) is 49.8 Å². The molecule has 0 aromatic carbocycles. The summed E-state index contributed by atoms with van der Waals surface area (Å²) in [5.74, 6) is 0.451. The van der Waals surface area contributed by atoms with Crippen LogP contribution in [0.15, 0.2) is 0 Å². The van der Waals surface area contributed by atoms with Gasteiger partial charge in [0.15, 0.2) is 0 Å². The summed E-state index contributed by atoms with van der Waals surface area (Å²) in [6, 6.07) is -0.0835. The fraction of sp³-hybridized carbons (Fsp3) is 0.909. The maximum atomic E-state index is 11.7. The molecule has 88 valence electrons. The van der Waals surface area contributed by atoms with E-state index in [0.29, 0.717) is 5.92 Å². The molecule has 15 heavy (non-hydrogen) atoms. The smallest absolute Gasteiger partial charge is 0.410 e. The van der Waals surface area contributed by atoms with Crippen molar-refractivity contribution in [1.82, 2.24) is 4.90 Å². The first-order valence-corrected chi connectivity index (χ1v) is 5.42. The van der Waals surface area contributed by atoms with Crippen LogP contribution in [0.25, 0.3) is 0 Å². The van der Waals surface area contributed by atoms with Crippen molar-refractivity contribution in [3.8, 4) is 0 Å². The molecule has 1 rings (SSSR count). The van der Waals surface area contributed by atoms with Crippen molar-refractivity contribution in [2.45, 2.75) is 45.3 Å². The van der Waals surface area contributed by atoms with Crippen LogP contribution < -0.4 is 0 Å². The van der Waals surface area contributed by atoms with Crippen LogP contribution in [0.5, 0.6) is 0 Å². The van der Waals surface area contributed by atoms with Gasteiger partial charge in [0, 0.05) is 7.05 Å². The maximum Gasteiger partial charge on any atom is 0.410 e. The molecule has 0 aliphatic heterocycles. The zero-order valence-corrected chi connectivity index (χ0v) is 9.99. The predicted octanol–water partition coefficient (Wildman–Crippen LogP) is 1.62. The zero-order chi connectivity index (χ0) is 11.6. The molecular formula is C11H21NO3. The number of carbonyl (C=O) groups excluding carboxylic acids is 1. The van der Waals surface area contributed by atoms with Crippen molar-refractivity contribution in [3.63, 3.8) is 0 Å². The van der Waals surface area contributed by atoms with E-state index in [9.17, 15) is 9.90 Å². The molecule has 1 amide bonds. The van der Waals surface area contributed by atoms with E-state index in [1.165, 1.54) is 4.90 Å². The number of amides is 1. The molecule has 1 saturated carbocycles. The van der Waals surface area contributed by atoms with E-state index in [-0.39, 0.29) is 18.7 Å². The summed E-state index contributed by atoms with van der Waals surface area (Å²) in [5.41, 5.74) is -0.477. The number of aliphatic hydroxyl groups excluding tert-OH is 1. The molecule has 0 spiro atoms. The highest BCUT2D eigenvalue weighted by Gasteiger charge is 2.36. The normalized spacial score (nSPS) is 18.5. The summed E-state index contributed by atoms with van der Waals surface area (Å²) in [4.78, 5) is 13.2. The average molecular weight is 215 g/mol. The maximum absolute atomic E-state index is 11.7. The monoisotopic (exact) mass is 215 g/mol. The van der Waals surface area contributed by atoms with Crippen molar-refractivity contribution >= 4 is 6.09 Å². The molecular weight excluding hydrogens is 194 g/mol. The van der Waals surface area contributed by atoms with Gasteiger partial charge < -0.3 is 14.7 Å². The Morgan fingerprint density at radius 1 is 1.53 bits per heavy atom. The number of hydrogen-bond acceptors (Lipinski definition) is 3. The van der Waals surface area contributed by atoms with Gasteiger partial charge in [-0.1, -0.05) is 0 Å². The number of likely N-dealkylation sites (N-methyl/N-ethyl adjacent to an activating group) is 1. The minimum atomic E-state index is -0.477. The minimum Gasteiger partial charge on any atom is -0.444 e. The van der Waals surface area contributed by atoms with Crippen molar-refractivity contribution < 1.29 is 14.6 Å². The Kier molecular flexibility index (Phi) is 3.60. The molecule has 0 bridgehead atoms. The van der Waals surface area contributed by atoms with E-state index >= 15 is 0 Å². The summed E-state index contributed by atoms with van der Waals surface area (Å²) in [6.45, 7) is 5.53. The molecule has 4 heteroatoms. The number of carbonyl (C=O) groups is 1. The van der Waals surface area contributed by atoms with E-state index < -0.39 is 5.60 Å². The molecule has 0 saturated heterocycles. The van der Waals surface area contributed by atoms with Crippen LogP contribution >= 0.6 is 0 Å². The van der Waals surface area contributed by atoms with Gasteiger partial charge in [0.05, 0.1) is 12.6 Å². The SMILES string of the molecule is CN(C(=O)OC(C)(C)C)C(CO)C1CC1. The van der Waals surface area contributed by atoms with Crippen LogP contribution in [0.2, 0.25) is 0 Å². The lowest BCUT2D eigenvalue weighted by molar-refractivity contribution is 0.0135. The highest BCUT2D eigenvalue weighted by molar-refractivity contribution is 5.68. The molecule has 0 aromatic heterocycles. The molecule has 0 radical (unpaired) electrons. The first-order chi connectivity index (χ1) is 6.85. The Labute approximate surface area is 91.2 Å². The predicted molar refractivity (Wildman–Crippen MR) is 57.6 cm³/mol. The molecule has 4 nitrogen and oxygen atoms in total. The molecule has 0 heterocycles. The van der Waals surface area contributed by atoms with E-state index in [4.69, 9.17) is 4.74 Å². The van der Waals surface area contributed by atoms with E-state index in [1.54, 1.807) is 7.05 Å². The summed E-state index contributed by atoms with van der Waals surface area (Å²) in [6.07, 6.45) is 1.84. The number of aliphatic hydroxyl groups is 1. The van der Waals surface area contributed by atoms with Crippen molar-refractivity contribution in [2.24, 2.45) is 5.92 Å². The Bertz CT molecular complexity index is 230. The van der Waals surface area contributed by atoms with Gasteiger partial charge in [0.2, 0.25) is 0 Å². The third-order valence-corrected chi connectivity index (χ3v) is 2.53. The standard InChI is InChI=1S/C11H21NO3/c1-11(2,3)15-10(14)12(4)9(7-13)8-5-6-8/h8-9,13H,5-7H2,1-4H3. The highest BCUT2D eigenvalue weighted by Crippen LogP contribution is 2.35. The number of rotatable bonds is 3. The minimum absolute atomic E-state index is 0.0143. The van der Waals surface area contributed by atoms with Gasteiger partial charge in [-0.2, -0.15) is 0 Å². The Morgan fingerprint density at radius 2 is 2.07 bits per heavy atom. The fourth-order valence-electron chi connectivity index (χ4n) is 1.54. The number of nitrogens with zero attached hydrogens (tertiary/aromatic N) is 1. The number of ether oxygens (including phenoxy) is 1. The summed E-state index contributed by atoms with van der Waals surface area (Å²) in [7, 11) is 1.69. The van der Waals surface area contributed by atoms with Crippen LogP contribution in [0.3, 0.4) is 0 Å². The highest BCUT2D eigenvalue weighted by atomic mass is 16.6. The third kappa shape index (κ3) is 3.70. The van der Waals surface area contributed by atoms with E-state index in [2.05, 4.69) is 0 Å². The van der Waals surface area contributed by atoms with Gasteiger partial charge in [-0.25, -0.2) is 4.79 Å². The van der Waals surface area contributed by atoms with Crippen molar-refractivity contribution in [3.05, 3.63) is 0 Å². The molecule has 1 unspecified atom stereocenters. The lowest BCUT2D eigenvalue weighted by Crippen LogP contribution is -2.43. The second-order valence-electron chi connectivity index (χ2n) is 5.18. The van der Waals surface area contributed by atoms with Crippen LogP contribution in [0, 0.1) is 5.92 Å². The van der Waals surface area contributed by atoms with Gasteiger partial charge in [-0.15, -0.1) is 0 Å². The average Bonchev–Trinajstić information content (AvgIpc) is 2.86. The quantitative estimate of drug-likeness (QED) is 0.778. The number of hydrogen-bond donors (Lipinski definition) is 1. The molecule has 1 N–H and O–H groups in total. The third-order valence-electron chi connectivity index (χ3n) is 2.53. The van der Waals surface area contributed by atoms with Crippen molar-refractivity contribution in [1.29, 1.82) is 0 Å². The van der Waals surface area contributed by atoms with Crippen LogP contribution in [-0.4, -0.2) is 41.4 Å². The van der Waals surface area contributed by atoms with Crippen LogP contribution in [0.4, 0.5) is 4.79 Å². The Morgan fingerprint density at radius 3 is 2.40 bits per heavy atom. The van der Waals surface area contributed by atoms with Gasteiger partial charge in [0.1, 0.15) is 5.60 Å². The Hall–Kier alpha value is -0.770. The molecule has 1 aliphatic carbocycles. The van der Waals surface area contributed by atoms with Crippen LogP contribution in [-0.2, 0) is 4.74 Å². The first kappa shape index (κ1) is 12.3. The zero-order valence-electron chi connectivity index (χ0n) is 9.99. The van der Waals surface area contributed by atoms with E-state index in [0.717, 1.165) is 12.8 Å². The Balaban J connectivity index is 2.50. The fourth-order valence-corrected chi connectivity index (χ4v) is 1.54. The molecule has 1 atom stereocenters. The van der Waals surface area contributed by atoms with Gasteiger partial charge in [-0.3, -0.25) is 0 Å². The van der Waals surface area contributed by atoms with Gasteiger partial charge in [-0.05, 0) is 39.5 Å². The summed E-state index contributed by atoms with van der Waals surface area (Å²) >= 11 is 0. The van der Waals surface area contributed by atoms with Gasteiger partial charge in [0.25, 0.3) is 0 Å². The summed E-state index contributed by atoms with van der Waals surface area (Å²) < 4.78 is 5.24. The second kappa shape index (κ2) is 4.39. The largest absolute Gasteiger partial charge is 0.444 e. The van der Waals surface area contributed by atoms with Crippen LogP contribution in [0.1, 0.15) is 33.6 Å². The van der Waals surface area contributed by atoms with Crippen molar-refractivity contribution in [2.75, 3.05) is 13.7 Å². The van der Waals surface area contributed by atoms with Gasteiger partial charge >= 0.3 is 6.09 Å². The lowest BCUT2D eigenvalue weighted by atomic mass is 10.2. The first-order valence-electron chi connectivity index (χ1n) is 5.42. The molecule has 0 aromatic rings. The second-order valence-corrected chi connectivity index (χ2v) is 5.18.